The zero-order chi connectivity index (χ0) is 14.3. The summed E-state index contributed by atoms with van der Waals surface area (Å²) in [5, 5.41) is 14.8. The molecule has 20 heavy (non-hydrogen) atoms. The van der Waals surface area contributed by atoms with Gasteiger partial charge in [0.15, 0.2) is 6.10 Å². The molecule has 1 unspecified atom stereocenters. The number of amides is 2. The van der Waals surface area contributed by atoms with E-state index in [-0.39, 0.29) is 11.5 Å². The molecule has 1 aromatic rings. The molecular formula is C13H14FN3O3. The molecule has 1 saturated heterocycles. The van der Waals surface area contributed by atoms with Crippen LogP contribution >= 0.6 is 0 Å². The summed E-state index contributed by atoms with van der Waals surface area (Å²) in [5.41, 5.74) is 0.998. The Balaban J connectivity index is 1.93. The van der Waals surface area contributed by atoms with Crippen molar-refractivity contribution in [2.24, 2.45) is 0 Å². The predicted molar refractivity (Wildman–Crippen MR) is 69.8 cm³/mol. The van der Waals surface area contributed by atoms with E-state index in [0.717, 1.165) is 0 Å². The second kappa shape index (κ2) is 4.75. The number of carbonyl (C=O) groups excluding carboxylic acids is 2. The number of rotatable bonds is 1. The Morgan fingerprint density at radius 1 is 1.30 bits per heavy atom. The number of benzene rings is 1. The molecule has 1 fully saturated rings. The minimum absolute atomic E-state index is 0.0576. The summed E-state index contributed by atoms with van der Waals surface area (Å²) in [7, 11) is 0. The predicted octanol–water partition coefficient (Wildman–Crippen LogP) is 0.138. The van der Waals surface area contributed by atoms with Crippen LogP contribution < -0.4 is 15.5 Å². The van der Waals surface area contributed by atoms with Crippen LogP contribution in [-0.4, -0.2) is 36.6 Å². The van der Waals surface area contributed by atoms with Crippen LogP contribution in [0, 0.1) is 5.82 Å². The van der Waals surface area contributed by atoms with Gasteiger partial charge in [0.2, 0.25) is 5.91 Å². The molecular weight excluding hydrogens is 265 g/mol. The Morgan fingerprint density at radius 2 is 2.10 bits per heavy atom. The number of fused-ring (bicyclic) bond motifs is 1. The van der Waals surface area contributed by atoms with Crippen molar-refractivity contribution >= 4 is 23.2 Å². The van der Waals surface area contributed by atoms with Crippen LogP contribution in [0.2, 0.25) is 0 Å². The molecule has 0 bridgehead atoms. The summed E-state index contributed by atoms with van der Waals surface area (Å²) in [6.07, 6.45) is -1.02. The summed E-state index contributed by atoms with van der Waals surface area (Å²) in [5.74, 6) is -1.12. The Bertz CT molecular complexity index is 590. The average Bonchev–Trinajstić information content (AvgIpc) is 2.60. The van der Waals surface area contributed by atoms with Crippen LogP contribution in [-0.2, 0) is 9.59 Å². The van der Waals surface area contributed by atoms with E-state index in [0.29, 0.717) is 37.4 Å². The third-order valence-electron chi connectivity index (χ3n) is 3.57. The van der Waals surface area contributed by atoms with Gasteiger partial charge in [0.25, 0.3) is 5.91 Å². The standard InChI is InChI=1S/C13H14FN3O3/c14-8-5-7-9(16-13(20)12(7)19)6-10(8)17-3-1-11(18)15-2-4-17/h5-6,12,19H,1-4H2,(H,15,18)(H,16,20). The maximum Gasteiger partial charge on any atom is 0.257 e. The van der Waals surface area contributed by atoms with Crippen LogP contribution in [0.5, 0.6) is 0 Å². The molecule has 0 radical (unpaired) electrons. The smallest absolute Gasteiger partial charge is 0.257 e. The minimum Gasteiger partial charge on any atom is -0.378 e. The molecule has 7 heteroatoms. The molecule has 0 spiro atoms. The maximum absolute atomic E-state index is 14.2. The van der Waals surface area contributed by atoms with Crippen molar-refractivity contribution in [1.29, 1.82) is 0 Å². The van der Waals surface area contributed by atoms with Crippen molar-refractivity contribution in [3.8, 4) is 0 Å². The van der Waals surface area contributed by atoms with Gasteiger partial charge in [-0.05, 0) is 12.1 Å². The summed E-state index contributed by atoms with van der Waals surface area (Å²) < 4.78 is 14.2. The SMILES string of the molecule is O=C1CCN(c2cc3c(cc2F)C(O)C(=O)N3)CCN1. The van der Waals surface area contributed by atoms with Crippen LogP contribution in [0.25, 0.3) is 0 Å². The van der Waals surface area contributed by atoms with Gasteiger partial charge in [0, 0.05) is 37.3 Å². The molecule has 1 aromatic carbocycles. The number of aliphatic hydroxyl groups is 1. The van der Waals surface area contributed by atoms with Gasteiger partial charge in [0.1, 0.15) is 5.82 Å². The number of nitrogens with zero attached hydrogens (tertiary/aromatic N) is 1. The van der Waals surface area contributed by atoms with E-state index in [1.54, 1.807) is 4.90 Å². The normalized spacial score (nSPS) is 22.1. The molecule has 0 aliphatic carbocycles. The lowest BCUT2D eigenvalue weighted by atomic mass is 10.1. The third kappa shape index (κ3) is 2.09. The van der Waals surface area contributed by atoms with Gasteiger partial charge in [0.05, 0.1) is 5.69 Å². The van der Waals surface area contributed by atoms with E-state index in [2.05, 4.69) is 10.6 Å². The highest BCUT2D eigenvalue weighted by atomic mass is 19.1. The molecule has 3 rings (SSSR count). The first-order chi connectivity index (χ1) is 9.56. The first kappa shape index (κ1) is 12.9. The summed E-state index contributed by atoms with van der Waals surface area (Å²) in [4.78, 5) is 24.4. The monoisotopic (exact) mass is 279 g/mol. The van der Waals surface area contributed by atoms with Crippen LogP contribution in [0.15, 0.2) is 12.1 Å². The highest BCUT2D eigenvalue weighted by molar-refractivity contribution is 6.02. The second-order valence-electron chi connectivity index (χ2n) is 4.87. The Kier molecular flexibility index (Phi) is 3.06. The molecule has 3 N–H and O–H groups in total. The first-order valence-electron chi connectivity index (χ1n) is 6.40. The van der Waals surface area contributed by atoms with Crippen molar-refractivity contribution in [1.82, 2.24) is 5.32 Å². The summed E-state index contributed by atoms with van der Waals surface area (Å²) in [6.45, 7) is 1.36. The van der Waals surface area contributed by atoms with E-state index in [9.17, 15) is 19.1 Å². The zero-order valence-corrected chi connectivity index (χ0v) is 10.6. The molecule has 1 atom stereocenters. The lowest BCUT2D eigenvalue weighted by Crippen LogP contribution is -2.29. The van der Waals surface area contributed by atoms with Crippen molar-refractivity contribution in [3.05, 3.63) is 23.5 Å². The first-order valence-corrected chi connectivity index (χ1v) is 6.40. The zero-order valence-electron chi connectivity index (χ0n) is 10.6. The Labute approximate surface area is 114 Å². The number of halogens is 1. The maximum atomic E-state index is 14.2. The Hall–Kier alpha value is -2.15. The molecule has 2 amide bonds. The second-order valence-corrected chi connectivity index (χ2v) is 4.87. The van der Waals surface area contributed by atoms with Crippen molar-refractivity contribution in [2.45, 2.75) is 12.5 Å². The van der Waals surface area contributed by atoms with Gasteiger partial charge in [-0.15, -0.1) is 0 Å². The van der Waals surface area contributed by atoms with Crippen molar-refractivity contribution in [2.75, 3.05) is 29.9 Å². The summed E-state index contributed by atoms with van der Waals surface area (Å²) in [6, 6.07) is 2.68. The van der Waals surface area contributed by atoms with Gasteiger partial charge >= 0.3 is 0 Å². The molecule has 2 aliphatic heterocycles. The topological polar surface area (TPSA) is 81.7 Å². The number of hydrogen-bond acceptors (Lipinski definition) is 4. The van der Waals surface area contributed by atoms with E-state index < -0.39 is 17.8 Å². The van der Waals surface area contributed by atoms with Crippen LogP contribution in [0.4, 0.5) is 15.8 Å². The van der Waals surface area contributed by atoms with Gasteiger partial charge in [-0.1, -0.05) is 0 Å². The molecule has 6 nitrogen and oxygen atoms in total. The molecule has 0 aromatic heterocycles. The highest BCUT2D eigenvalue weighted by Crippen LogP contribution is 2.36. The number of anilines is 2. The number of aliphatic hydroxyl groups excluding tert-OH is 1. The third-order valence-corrected chi connectivity index (χ3v) is 3.57. The van der Waals surface area contributed by atoms with E-state index in [1.807, 2.05) is 0 Å². The Morgan fingerprint density at radius 3 is 2.90 bits per heavy atom. The van der Waals surface area contributed by atoms with Gasteiger partial charge in [-0.3, -0.25) is 9.59 Å². The van der Waals surface area contributed by atoms with E-state index in [4.69, 9.17) is 0 Å². The van der Waals surface area contributed by atoms with E-state index in [1.165, 1.54) is 12.1 Å². The van der Waals surface area contributed by atoms with Gasteiger partial charge in [-0.2, -0.15) is 0 Å². The molecule has 2 heterocycles. The fraction of sp³-hybridized carbons (Fsp3) is 0.385. The molecule has 2 aliphatic rings. The number of nitrogens with one attached hydrogen (secondary N) is 2. The van der Waals surface area contributed by atoms with E-state index >= 15 is 0 Å². The largest absolute Gasteiger partial charge is 0.378 e. The average molecular weight is 279 g/mol. The lowest BCUT2D eigenvalue weighted by molar-refractivity contribution is -0.123. The number of carbonyl (C=O) groups is 2. The van der Waals surface area contributed by atoms with Gasteiger partial charge in [-0.25, -0.2) is 4.39 Å². The fourth-order valence-electron chi connectivity index (χ4n) is 2.50. The molecule has 0 saturated carbocycles. The van der Waals surface area contributed by atoms with Crippen molar-refractivity contribution in [3.63, 3.8) is 0 Å². The minimum atomic E-state index is -1.32. The van der Waals surface area contributed by atoms with Crippen molar-refractivity contribution < 1.29 is 19.1 Å². The quantitative estimate of drug-likeness (QED) is 0.683. The molecule has 106 valence electrons. The summed E-state index contributed by atoms with van der Waals surface area (Å²) >= 11 is 0. The van der Waals surface area contributed by atoms with Gasteiger partial charge < -0.3 is 20.6 Å². The lowest BCUT2D eigenvalue weighted by Gasteiger charge is -2.23. The fourth-order valence-corrected chi connectivity index (χ4v) is 2.50. The van der Waals surface area contributed by atoms with Crippen LogP contribution in [0.1, 0.15) is 18.1 Å². The highest BCUT2D eigenvalue weighted by Gasteiger charge is 2.31. The number of hydrogen-bond donors (Lipinski definition) is 3. The van der Waals surface area contributed by atoms with Crippen LogP contribution in [0.3, 0.4) is 0 Å².